The Hall–Kier alpha value is -1.55. The number of pyridine rings is 2. The molecule has 0 radical (unpaired) electrons. The van der Waals surface area contributed by atoms with Gasteiger partial charge in [-0.1, -0.05) is 11.6 Å². The van der Waals surface area contributed by atoms with E-state index < -0.39 is 10.0 Å². The molecule has 0 aliphatic carbocycles. The lowest BCUT2D eigenvalue weighted by atomic mass is 10.1. The Balaban J connectivity index is 1.65. The number of aromatic nitrogens is 2. The lowest BCUT2D eigenvalue weighted by Gasteiger charge is -2.31. The quantitative estimate of drug-likeness (QED) is 0.709. The van der Waals surface area contributed by atoms with Crippen molar-refractivity contribution in [3.8, 4) is 0 Å². The van der Waals surface area contributed by atoms with Crippen LogP contribution in [0.3, 0.4) is 0 Å². The van der Waals surface area contributed by atoms with E-state index in [1.807, 2.05) is 0 Å². The number of hydrogen-bond donors (Lipinski definition) is 1. The molecule has 0 aromatic carbocycles. The van der Waals surface area contributed by atoms with Gasteiger partial charge in [0.1, 0.15) is 10.0 Å². The van der Waals surface area contributed by atoms with Crippen LogP contribution in [0.4, 0.5) is 0 Å². The molecule has 0 unspecified atom stereocenters. The highest BCUT2D eigenvalue weighted by Gasteiger charge is 2.32. The summed E-state index contributed by atoms with van der Waals surface area (Å²) < 4.78 is 27.5. The predicted octanol–water partition coefficient (Wildman–Crippen LogP) is 2.48. The molecule has 1 aliphatic rings. The summed E-state index contributed by atoms with van der Waals surface area (Å²) in [6.07, 6.45) is 5.58. The van der Waals surface area contributed by atoms with Crippen LogP contribution in [-0.4, -0.2) is 47.7 Å². The number of carbonyl (C=O) groups excluding carboxylic acids is 1. The molecule has 26 heavy (non-hydrogen) atoms. The zero-order valence-corrected chi connectivity index (χ0v) is 16.8. The molecule has 3 rings (SSSR count). The van der Waals surface area contributed by atoms with E-state index >= 15 is 0 Å². The minimum atomic E-state index is -3.73. The van der Waals surface area contributed by atoms with E-state index in [0.717, 1.165) is 0 Å². The van der Waals surface area contributed by atoms with Gasteiger partial charge in [0.15, 0.2) is 0 Å². The van der Waals surface area contributed by atoms with Crippen molar-refractivity contribution in [1.82, 2.24) is 19.6 Å². The Labute approximate surface area is 165 Å². The number of nitrogens with zero attached hydrogens (tertiary/aromatic N) is 3. The third kappa shape index (κ3) is 4.22. The highest BCUT2D eigenvalue weighted by Crippen LogP contribution is 2.27. The van der Waals surface area contributed by atoms with Crippen molar-refractivity contribution in [2.24, 2.45) is 0 Å². The van der Waals surface area contributed by atoms with E-state index in [2.05, 4.69) is 31.2 Å². The molecule has 7 nitrogen and oxygen atoms in total. The van der Waals surface area contributed by atoms with Crippen LogP contribution in [0.2, 0.25) is 5.15 Å². The van der Waals surface area contributed by atoms with E-state index in [1.54, 1.807) is 18.3 Å². The van der Waals surface area contributed by atoms with Crippen LogP contribution in [0, 0.1) is 0 Å². The largest absolute Gasteiger partial charge is 0.349 e. The van der Waals surface area contributed by atoms with Gasteiger partial charge in [0.2, 0.25) is 10.0 Å². The van der Waals surface area contributed by atoms with Gasteiger partial charge < -0.3 is 5.32 Å². The fourth-order valence-corrected chi connectivity index (χ4v) is 5.12. The summed E-state index contributed by atoms with van der Waals surface area (Å²) in [5.41, 5.74) is 0.481. The first-order chi connectivity index (χ1) is 12.4. The molecule has 0 bridgehead atoms. The topological polar surface area (TPSA) is 92.3 Å². The van der Waals surface area contributed by atoms with Gasteiger partial charge in [-0.15, -0.1) is 0 Å². The number of carbonyl (C=O) groups is 1. The molecular formula is C16H16BrClN4O3S. The Morgan fingerprint density at radius 1 is 1.31 bits per heavy atom. The van der Waals surface area contributed by atoms with E-state index in [9.17, 15) is 13.2 Å². The SMILES string of the molecule is O=C(NC1CCN(S(=O)(=O)c2cc(Br)cnc2Cl)CC1)c1cccnc1. The van der Waals surface area contributed by atoms with Crippen molar-refractivity contribution in [3.63, 3.8) is 0 Å². The maximum atomic E-state index is 12.8. The Bertz CT molecular complexity index is 903. The Morgan fingerprint density at radius 2 is 2.04 bits per heavy atom. The van der Waals surface area contributed by atoms with Gasteiger partial charge in [-0.25, -0.2) is 13.4 Å². The van der Waals surface area contributed by atoms with Crippen molar-refractivity contribution in [1.29, 1.82) is 0 Å². The first-order valence-electron chi connectivity index (χ1n) is 7.90. The fraction of sp³-hybridized carbons (Fsp3) is 0.312. The van der Waals surface area contributed by atoms with Gasteiger partial charge in [0.25, 0.3) is 5.91 Å². The molecular weight excluding hydrogens is 444 g/mol. The van der Waals surface area contributed by atoms with E-state index in [0.29, 0.717) is 36.0 Å². The molecule has 0 spiro atoms. The lowest BCUT2D eigenvalue weighted by Crippen LogP contribution is -2.46. The Kier molecular flexibility index (Phi) is 5.91. The van der Waals surface area contributed by atoms with Crippen LogP contribution in [0.1, 0.15) is 23.2 Å². The van der Waals surface area contributed by atoms with Crippen molar-refractivity contribution >= 4 is 43.5 Å². The van der Waals surface area contributed by atoms with Crippen LogP contribution >= 0.6 is 27.5 Å². The Morgan fingerprint density at radius 3 is 2.69 bits per heavy atom. The van der Waals surface area contributed by atoms with Gasteiger partial charge in [-0.3, -0.25) is 9.78 Å². The summed E-state index contributed by atoms with van der Waals surface area (Å²) in [6, 6.07) is 4.73. The monoisotopic (exact) mass is 458 g/mol. The number of nitrogens with one attached hydrogen (secondary N) is 1. The number of rotatable bonds is 4. The summed E-state index contributed by atoms with van der Waals surface area (Å²) in [4.78, 5) is 20.0. The van der Waals surface area contributed by atoms with Crippen LogP contribution in [-0.2, 0) is 10.0 Å². The normalized spacial score (nSPS) is 16.4. The minimum Gasteiger partial charge on any atom is -0.349 e. The first kappa shape index (κ1) is 19.2. The molecule has 0 saturated carbocycles. The van der Waals surface area contributed by atoms with E-state index in [-0.39, 0.29) is 22.0 Å². The van der Waals surface area contributed by atoms with Crippen LogP contribution in [0.5, 0.6) is 0 Å². The third-order valence-corrected chi connectivity index (χ3v) is 6.86. The number of hydrogen-bond acceptors (Lipinski definition) is 5. The van der Waals surface area contributed by atoms with Crippen molar-refractivity contribution in [2.45, 2.75) is 23.8 Å². The number of halogens is 2. The van der Waals surface area contributed by atoms with Crippen LogP contribution in [0.25, 0.3) is 0 Å². The molecule has 1 aliphatic heterocycles. The van der Waals surface area contributed by atoms with Crippen molar-refractivity contribution in [2.75, 3.05) is 13.1 Å². The second-order valence-corrected chi connectivity index (χ2v) is 9.02. The third-order valence-electron chi connectivity index (χ3n) is 4.10. The highest BCUT2D eigenvalue weighted by atomic mass is 79.9. The molecule has 3 heterocycles. The lowest BCUT2D eigenvalue weighted by molar-refractivity contribution is 0.0923. The van der Waals surface area contributed by atoms with Gasteiger partial charge in [-0.2, -0.15) is 4.31 Å². The van der Waals surface area contributed by atoms with E-state index in [4.69, 9.17) is 11.6 Å². The van der Waals surface area contributed by atoms with Crippen LogP contribution in [0.15, 0.2) is 46.2 Å². The molecule has 1 amide bonds. The van der Waals surface area contributed by atoms with Gasteiger partial charge in [0.05, 0.1) is 5.56 Å². The minimum absolute atomic E-state index is 0.0219. The maximum absolute atomic E-state index is 12.8. The van der Waals surface area contributed by atoms with Gasteiger partial charge in [0, 0.05) is 42.2 Å². The van der Waals surface area contributed by atoms with Crippen molar-refractivity contribution < 1.29 is 13.2 Å². The first-order valence-corrected chi connectivity index (χ1v) is 10.5. The summed E-state index contributed by atoms with van der Waals surface area (Å²) in [5, 5.41) is 2.87. The average Bonchev–Trinajstić information content (AvgIpc) is 2.65. The van der Waals surface area contributed by atoms with Crippen LogP contribution < -0.4 is 5.32 Å². The summed E-state index contributed by atoms with van der Waals surface area (Å²) in [6.45, 7) is 0.590. The summed E-state index contributed by atoms with van der Waals surface area (Å²) in [7, 11) is -3.73. The molecule has 0 atom stereocenters. The molecule has 2 aromatic heterocycles. The second kappa shape index (κ2) is 7.99. The molecule has 138 valence electrons. The zero-order chi connectivity index (χ0) is 18.7. The fourth-order valence-electron chi connectivity index (χ4n) is 2.73. The van der Waals surface area contributed by atoms with Gasteiger partial charge >= 0.3 is 0 Å². The highest BCUT2D eigenvalue weighted by molar-refractivity contribution is 9.10. The second-order valence-electron chi connectivity index (χ2n) is 5.84. The maximum Gasteiger partial charge on any atom is 0.253 e. The number of amides is 1. The van der Waals surface area contributed by atoms with Gasteiger partial charge in [-0.05, 0) is 47.0 Å². The average molecular weight is 460 g/mol. The standard InChI is InChI=1S/C16H16BrClN4O3S/c17-12-8-14(15(18)20-10-12)26(24,25)22-6-3-13(4-7-22)21-16(23)11-2-1-5-19-9-11/h1-2,5,8-10,13H,3-4,6-7H2,(H,21,23). The van der Waals surface area contributed by atoms with Crippen molar-refractivity contribution in [3.05, 3.63) is 52.0 Å². The molecule has 1 fully saturated rings. The summed E-state index contributed by atoms with van der Waals surface area (Å²) in [5.74, 6) is -0.210. The molecule has 1 N–H and O–H groups in total. The molecule has 10 heteroatoms. The number of sulfonamides is 1. The van der Waals surface area contributed by atoms with E-state index in [1.165, 1.54) is 22.8 Å². The smallest absolute Gasteiger partial charge is 0.253 e. The summed E-state index contributed by atoms with van der Waals surface area (Å²) >= 11 is 9.18. The molecule has 1 saturated heterocycles. The molecule has 2 aromatic rings. The zero-order valence-electron chi connectivity index (χ0n) is 13.6. The predicted molar refractivity (Wildman–Crippen MR) is 100 cm³/mol. The number of piperidine rings is 1.